The lowest BCUT2D eigenvalue weighted by Crippen LogP contribution is -2.50. The van der Waals surface area contributed by atoms with Crippen molar-refractivity contribution in [1.82, 2.24) is 5.32 Å². The molecule has 7 heteroatoms. The van der Waals surface area contributed by atoms with Gasteiger partial charge in [-0.25, -0.2) is 4.39 Å². The number of benzene rings is 2. The highest BCUT2D eigenvalue weighted by atomic mass is 19.4. The maximum Gasteiger partial charge on any atom is 0.573 e. The molecule has 3 rings (SSSR count). The van der Waals surface area contributed by atoms with Gasteiger partial charge in [0.05, 0.1) is 0 Å². The van der Waals surface area contributed by atoms with E-state index in [0.717, 1.165) is 0 Å². The van der Waals surface area contributed by atoms with E-state index in [9.17, 15) is 17.6 Å². The highest BCUT2D eigenvalue weighted by Crippen LogP contribution is 2.37. The molecule has 0 spiro atoms. The number of alkyl halides is 3. The molecule has 0 unspecified atom stereocenters. The minimum Gasteiger partial charge on any atom is -0.484 e. The first-order valence-electron chi connectivity index (χ1n) is 6.94. The van der Waals surface area contributed by atoms with Crippen LogP contribution in [0.15, 0.2) is 42.5 Å². The van der Waals surface area contributed by atoms with Gasteiger partial charge >= 0.3 is 6.36 Å². The van der Waals surface area contributed by atoms with E-state index in [4.69, 9.17) is 4.74 Å². The lowest BCUT2D eigenvalue weighted by Gasteiger charge is -2.28. The summed E-state index contributed by atoms with van der Waals surface area (Å²) < 4.78 is 60.3. The molecule has 1 N–H and O–H groups in total. The Morgan fingerprint density at radius 2 is 1.57 bits per heavy atom. The summed E-state index contributed by atoms with van der Waals surface area (Å²) in [6.45, 7) is 1.15. The average molecular weight is 327 g/mol. The molecule has 0 aromatic heterocycles. The second-order valence-corrected chi connectivity index (χ2v) is 5.11. The lowest BCUT2D eigenvalue weighted by atomic mass is 10.1. The van der Waals surface area contributed by atoms with Crippen LogP contribution < -0.4 is 14.8 Å². The minimum absolute atomic E-state index is 0.0275. The number of hydrogen-bond donors (Lipinski definition) is 1. The van der Waals surface area contributed by atoms with Crippen molar-refractivity contribution in [3.63, 3.8) is 0 Å². The van der Waals surface area contributed by atoms with E-state index in [0.29, 0.717) is 24.2 Å². The smallest absolute Gasteiger partial charge is 0.484 e. The van der Waals surface area contributed by atoms with Crippen molar-refractivity contribution in [2.45, 2.75) is 12.5 Å². The van der Waals surface area contributed by atoms with Gasteiger partial charge in [-0.2, -0.15) is 0 Å². The van der Waals surface area contributed by atoms with E-state index in [1.54, 1.807) is 6.07 Å². The Morgan fingerprint density at radius 1 is 0.913 bits per heavy atom. The van der Waals surface area contributed by atoms with Crippen LogP contribution in [0.1, 0.15) is 0 Å². The normalized spacial score (nSPS) is 15.1. The first kappa shape index (κ1) is 15.6. The predicted molar refractivity (Wildman–Crippen MR) is 75.8 cm³/mol. The van der Waals surface area contributed by atoms with E-state index in [2.05, 4.69) is 10.1 Å². The zero-order valence-electron chi connectivity index (χ0n) is 11.9. The lowest BCUT2D eigenvalue weighted by molar-refractivity contribution is -0.275. The van der Waals surface area contributed by atoms with Gasteiger partial charge in [0.15, 0.2) is 11.5 Å². The van der Waals surface area contributed by atoms with Gasteiger partial charge in [0.2, 0.25) is 0 Å². The molecule has 0 bridgehead atoms. The molecule has 0 amide bonds. The summed E-state index contributed by atoms with van der Waals surface area (Å²) in [6.07, 6.45) is -5.00. The van der Waals surface area contributed by atoms with E-state index in [1.807, 2.05) is 0 Å². The molecule has 23 heavy (non-hydrogen) atoms. The number of rotatable bonds is 4. The second-order valence-electron chi connectivity index (χ2n) is 5.11. The zero-order valence-corrected chi connectivity index (χ0v) is 11.9. The van der Waals surface area contributed by atoms with Crippen molar-refractivity contribution in [2.24, 2.45) is 0 Å². The van der Waals surface area contributed by atoms with Crippen molar-refractivity contribution >= 4 is 0 Å². The van der Waals surface area contributed by atoms with E-state index in [-0.39, 0.29) is 11.9 Å². The average Bonchev–Trinajstić information content (AvgIpc) is 2.43. The van der Waals surface area contributed by atoms with Gasteiger partial charge in [-0.15, -0.1) is 13.2 Å². The first-order chi connectivity index (χ1) is 10.9. The molecule has 1 fully saturated rings. The van der Waals surface area contributed by atoms with Crippen LogP contribution in [0.2, 0.25) is 0 Å². The molecule has 1 saturated heterocycles. The molecule has 0 atom stereocenters. The molecule has 0 saturated carbocycles. The minimum atomic E-state index is -4.82. The van der Waals surface area contributed by atoms with Gasteiger partial charge in [-0.3, -0.25) is 0 Å². The van der Waals surface area contributed by atoms with Crippen LogP contribution in [0.4, 0.5) is 17.6 Å². The maximum absolute atomic E-state index is 13.0. The molecular formula is C16H13F4NO2. The summed E-state index contributed by atoms with van der Waals surface area (Å²) in [7, 11) is 0. The summed E-state index contributed by atoms with van der Waals surface area (Å²) in [5, 5.41) is 2.97. The third-order valence-electron chi connectivity index (χ3n) is 3.38. The Bertz CT molecular complexity index is 681. The summed E-state index contributed by atoms with van der Waals surface area (Å²) >= 11 is 0. The van der Waals surface area contributed by atoms with Gasteiger partial charge in [0, 0.05) is 13.1 Å². The maximum atomic E-state index is 13.0. The zero-order chi connectivity index (χ0) is 16.4. The molecular weight excluding hydrogens is 314 g/mol. The number of hydrogen-bond acceptors (Lipinski definition) is 3. The van der Waals surface area contributed by atoms with Crippen LogP contribution in [-0.2, 0) is 0 Å². The highest BCUT2D eigenvalue weighted by molar-refractivity contribution is 5.67. The van der Waals surface area contributed by atoms with Crippen LogP contribution in [-0.4, -0.2) is 25.6 Å². The largest absolute Gasteiger partial charge is 0.573 e. The van der Waals surface area contributed by atoms with Crippen molar-refractivity contribution in [1.29, 1.82) is 0 Å². The molecule has 0 radical (unpaired) electrons. The summed E-state index contributed by atoms with van der Waals surface area (Å²) in [4.78, 5) is 0. The van der Waals surface area contributed by atoms with Gasteiger partial charge < -0.3 is 14.8 Å². The third kappa shape index (κ3) is 3.92. The van der Waals surface area contributed by atoms with Crippen LogP contribution in [0.5, 0.6) is 11.5 Å². The molecule has 1 aliphatic rings. The SMILES string of the molecule is Fc1ccc(-c2ccc(OC3CNC3)c(OC(F)(F)F)c2)cc1. The monoisotopic (exact) mass is 327 g/mol. The van der Waals surface area contributed by atoms with Crippen molar-refractivity contribution < 1.29 is 27.0 Å². The van der Waals surface area contributed by atoms with Gasteiger partial charge in [-0.05, 0) is 35.4 Å². The first-order valence-corrected chi connectivity index (χ1v) is 6.94. The van der Waals surface area contributed by atoms with Gasteiger partial charge in [-0.1, -0.05) is 18.2 Å². The molecule has 2 aromatic rings. The molecule has 2 aromatic carbocycles. The van der Waals surface area contributed by atoms with Crippen LogP contribution >= 0.6 is 0 Å². The van der Waals surface area contributed by atoms with Crippen molar-refractivity contribution in [2.75, 3.05) is 13.1 Å². The van der Waals surface area contributed by atoms with Crippen LogP contribution in [0, 0.1) is 5.82 Å². The Balaban J connectivity index is 1.92. The number of nitrogens with one attached hydrogen (secondary N) is 1. The summed E-state index contributed by atoms with van der Waals surface area (Å²) in [5.74, 6) is -0.802. The fourth-order valence-electron chi connectivity index (χ4n) is 2.16. The van der Waals surface area contributed by atoms with Crippen molar-refractivity contribution in [3.05, 3.63) is 48.3 Å². The fourth-order valence-corrected chi connectivity index (χ4v) is 2.16. The van der Waals surface area contributed by atoms with E-state index < -0.39 is 17.9 Å². The second kappa shape index (κ2) is 6.08. The van der Waals surface area contributed by atoms with Gasteiger partial charge in [0.25, 0.3) is 0 Å². The summed E-state index contributed by atoms with van der Waals surface area (Å²) in [5.41, 5.74) is 1.05. The summed E-state index contributed by atoms with van der Waals surface area (Å²) in [6, 6.07) is 9.73. The van der Waals surface area contributed by atoms with E-state index in [1.165, 1.54) is 36.4 Å². The standard InChI is InChI=1S/C16H13F4NO2/c17-12-4-1-10(2-5-12)11-3-6-14(22-13-8-21-9-13)15(7-11)23-16(18,19)20/h1-7,13,21H,8-9H2. The molecule has 1 aliphatic heterocycles. The Morgan fingerprint density at radius 3 is 2.13 bits per heavy atom. The van der Waals surface area contributed by atoms with Gasteiger partial charge in [0.1, 0.15) is 11.9 Å². The van der Waals surface area contributed by atoms with Crippen LogP contribution in [0.3, 0.4) is 0 Å². The number of halogens is 4. The molecule has 1 heterocycles. The molecule has 3 nitrogen and oxygen atoms in total. The highest BCUT2D eigenvalue weighted by Gasteiger charge is 2.33. The number of ether oxygens (including phenoxy) is 2. The van der Waals surface area contributed by atoms with Crippen LogP contribution in [0.25, 0.3) is 11.1 Å². The topological polar surface area (TPSA) is 30.5 Å². The third-order valence-corrected chi connectivity index (χ3v) is 3.38. The molecule has 122 valence electrons. The Kier molecular flexibility index (Phi) is 4.12. The Hall–Kier alpha value is -2.28. The van der Waals surface area contributed by atoms with E-state index >= 15 is 0 Å². The fraction of sp³-hybridized carbons (Fsp3) is 0.250. The Labute approximate surface area is 129 Å². The molecule has 0 aliphatic carbocycles. The quantitative estimate of drug-likeness (QED) is 0.868. The predicted octanol–water partition coefficient (Wildman–Crippen LogP) is 3.74. The van der Waals surface area contributed by atoms with Crippen molar-refractivity contribution in [3.8, 4) is 22.6 Å².